The van der Waals surface area contributed by atoms with Crippen LogP contribution in [0.3, 0.4) is 0 Å². The van der Waals surface area contributed by atoms with Gasteiger partial charge in [0.2, 0.25) is 0 Å². The van der Waals surface area contributed by atoms with Gasteiger partial charge < -0.3 is 14.2 Å². The molecule has 0 radical (unpaired) electrons. The Balaban J connectivity index is 1.89. The van der Waals surface area contributed by atoms with E-state index in [1.165, 1.54) is 17.8 Å². The van der Waals surface area contributed by atoms with Crippen molar-refractivity contribution in [2.24, 2.45) is 5.92 Å². The van der Waals surface area contributed by atoms with Crippen LogP contribution in [-0.2, 0) is 9.53 Å². The summed E-state index contributed by atoms with van der Waals surface area (Å²) in [5, 5.41) is 3.24. The molecule has 1 aliphatic heterocycles. The van der Waals surface area contributed by atoms with Gasteiger partial charge in [-0.2, -0.15) is 8.78 Å². The molecule has 1 saturated carbocycles. The van der Waals surface area contributed by atoms with E-state index >= 15 is 0 Å². The van der Waals surface area contributed by atoms with Crippen molar-refractivity contribution in [2.45, 2.75) is 44.3 Å². The number of carbonyl (C=O) groups is 1. The number of rotatable bonds is 11. The maximum Gasteiger partial charge on any atom is 0.387 e. The Bertz CT molecular complexity index is 869. The second-order valence-corrected chi connectivity index (χ2v) is 9.83. The standard InChI is InChI=1S/C22H25Cl2F2NO4S/c1-12(23)16(13(2)24)10-18(30-21(28)20-27-7-8-32-20)15-5-6-17(31-22(25)26)19(9-15)29-11-14-3-4-14/h5-6,9,14,18,20,22,27H,1,3-4,7-8,10-11H2,2H3/b16-13+/t18-,20-/m1/s1. The van der Waals surface area contributed by atoms with Crippen molar-refractivity contribution in [1.82, 2.24) is 5.32 Å². The highest BCUT2D eigenvalue weighted by molar-refractivity contribution is 8.00. The lowest BCUT2D eigenvalue weighted by atomic mass is 10.00. The van der Waals surface area contributed by atoms with Gasteiger partial charge in [0, 0.05) is 28.8 Å². The summed E-state index contributed by atoms with van der Waals surface area (Å²) in [6.07, 6.45) is 1.46. The summed E-state index contributed by atoms with van der Waals surface area (Å²) in [5.41, 5.74) is 1.08. The maximum atomic E-state index is 12.9. The summed E-state index contributed by atoms with van der Waals surface area (Å²) in [4.78, 5) is 12.7. The monoisotopic (exact) mass is 507 g/mol. The van der Waals surface area contributed by atoms with Gasteiger partial charge in [0.1, 0.15) is 6.10 Å². The Morgan fingerprint density at radius 3 is 2.62 bits per heavy atom. The number of alkyl halides is 2. The molecule has 1 N–H and O–H groups in total. The average molecular weight is 508 g/mol. The lowest BCUT2D eigenvalue weighted by Crippen LogP contribution is -2.31. The third-order valence-corrected chi connectivity index (χ3v) is 6.64. The van der Waals surface area contributed by atoms with Crippen LogP contribution >= 0.6 is 35.0 Å². The smallest absolute Gasteiger partial charge is 0.387 e. The summed E-state index contributed by atoms with van der Waals surface area (Å²) in [6.45, 7) is 3.53. The van der Waals surface area contributed by atoms with E-state index in [4.69, 9.17) is 32.7 Å². The molecule has 1 saturated heterocycles. The first-order valence-corrected chi connectivity index (χ1v) is 12.0. The van der Waals surface area contributed by atoms with Gasteiger partial charge in [0.15, 0.2) is 16.9 Å². The molecule has 2 atom stereocenters. The molecule has 0 amide bonds. The van der Waals surface area contributed by atoms with Crippen LogP contribution in [0.4, 0.5) is 8.78 Å². The number of thioether (sulfide) groups is 1. The number of ether oxygens (including phenoxy) is 3. The first-order valence-electron chi connectivity index (χ1n) is 10.2. The number of benzene rings is 1. The summed E-state index contributed by atoms with van der Waals surface area (Å²) in [6, 6.07) is 4.51. The van der Waals surface area contributed by atoms with Crippen molar-refractivity contribution in [3.05, 3.63) is 46.0 Å². The van der Waals surface area contributed by atoms with Crippen molar-refractivity contribution in [2.75, 3.05) is 18.9 Å². The first kappa shape index (κ1) is 25.1. The summed E-state index contributed by atoms with van der Waals surface area (Å²) < 4.78 is 41.9. The second-order valence-electron chi connectivity index (χ2n) is 7.59. The van der Waals surface area contributed by atoms with Gasteiger partial charge in [-0.3, -0.25) is 5.32 Å². The minimum Gasteiger partial charge on any atom is -0.489 e. The van der Waals surface area contributed by atoms with Gasteiger partial charge in [0.25, 0.3) is 0 Å². The van der Waals surface area contributed by atoms with E-state index in [0.717, 1.165) is 18.6 Å². The third-order valence-electron chi connectivity index (χ3n) is 5.05. The highest BCUT2D eigenvalue weighted by Crippen LogP contribution is 2.39. The van der Waals surface area contributed by atoms with Crippen LogP contribution in [0, 0.1) is 5.92 Å². The van der Waals surface area contributed by atoms with Crippen LogP contribution < -0.4 is 14.8 Å². The molecule has 3 rings (SSSR count). The Kier molecular flexibility index (Phi) is 9.11. The molecule has 10 heteroatoms. The molecule has 0 bridgehead atoms. The van der Waals surface area contributed by atoms with E-state index in [0.29, 0.717) is 35.2 Å². The van der Waals surface area contributed by atoms with Crippen LogP contribution in [0.1, 0.15) is 37.9 Å². The summed E-state index contributed by atoms with van der Waals surface area (Å²) in [5.74, 6) is 0.867. The van der Waals surface area contributed by atoms with Gasteiger partial charge in [-0.25, -0.2) is 4.79 Å². The predicted molar refractivity (Wildman–Crippen MR) is 123 cm³/mol. The normalized spacial score (nSPS) is 20.0. The van der Waals surface area contributed by atoms with Crippen LogP contribution in [0.5, 0.6) is 11.5 Å². The topological polar surface area (TPSA) is 56.8 Å². The zero-order valence-electron chi connectivity index (χ0n) is 17.5. The fraction of sp³-hybridized carbons (Fsp3) is 0.500. The number of hydrogen-bond donors (Lipinski definition) is 1. The SMILES string of the molecule is C=C(Cl)/C(C[C@@H](OC(=O)[C@@H]1NCCS1)c1ccc(OC(F)F)c(OCC2CC2)c1)=C(\C)Cl. The van der Waals surface area contributed by atoms with Gasteiger partial charge in [-0.05, 0) is 49.0 Å². The lowest BCUT2D eigenvalue weighted by Gasteiger charge is -2.23. The van der Waals surface area contributed by atoms with E-state index in [2.05, 4.69) is 16.6 Å². The Hall–Kier alpha value is -1.48. The highest BCUT2D eigenvalue weighted by Gasteiger charge is 2.30. The Morgan fingerprint density at radius 1 is 1.31 bits per heavy atom. The number of esters is 1. The number of carbonyl (C=O) groups excluding carboxylic acids is 1. The van der Waals surface area contributed by atoms with Crippen molar-refractivity contribution in [1.29, 1.82) is 0 Å². The van der Waals surface area contributed by atoms with Gasteiger partial charge in [-0.15, -0.1) is 11.8 Å². The molecule has 2 aliphatic rings. The molecule has 0 unspecified atom stereocenters. The molecule has 0 spiro atoms. The average Bonchev–Trinajstić information content (AvgIpc) is 3.39. The zero-order valence-corrected chi connectivity index (χ0v) is 19.9. The molecular formula is C22H25Cl2F2NO4S. The van der Waals surface area contributed by atoms with E-state index in [9.17, 15) is 13.6 Å². The molecule has 0 aromatic heterocycles. The van der Waals surface area contributed by atoms with E-state index < -0.39 is 24.1 Å². The van der Waals surface area contributed by atoms with Crippen molar-refractivity contribution in [3.63, 3.8) is 0 Å². The molecule has 1 aromatic carbocycles. The largest absolute Gasteiger partial charge is 0.489 e. The first-order chi connectivity index (χ1) is 15.2. The van der Waals surface area contributed by atoms with Crippen molar-refractivity contribution >= 4 is 40.9 Å². The number of hydrogen-bond acceptors (Lipinski definition) is 6. The molecule has 1 aromatic rings. The Labute approximate surface area is 200 Å². The summed E-state index contributed by atoms with van der Waals surface area (Å²) >= 11 is 13.8. The van der Waals surface area contributed by atoms with E-state index in [1.807, 2.05) is 0 Å². The quantitative estimate of drug-likeness (QED) is 0.293. The predicted octanol–water partition coefficient (Wildman–Crippen LogP) is 5.98. The molecule has 1 aliphatic carbocycles. The van der Waals surface area contributed by atoms with Gasteiger partial charge in [-0.1, -0.05) is 35.8 Å². The lowest BCUT2D eigenvalue weighted by molar-refractivity contribution is -0.149. The van der Waals surface area contributed by atoms with Crippen LogP contribution in [0.25, 0.3) is 0 Å². The number of nitrogens with one attached hydrogen (secondary N) is 1. The Morgan fingerprint density at radius 2 is 2.06 bits per heavy atom. The number of allylic oxidation sites excluding steroid dienone is 2. The molecule has 5 nitrogen and oxygen atoms in total. The van der Waals surface area contributed by atoms with Crippen molar-refractivity contribution < 1.29 is 27.8 Å². The number of halogens is 4. The summed E-state index contributed by atoms with van der Waals surface area (Å²) in [7, 11) is 0. The second kappa shape index (κ2) is 11.6. The minimum absolute atomic E-state index is 0.0754. The van der Waals surface area contributed by atoms with Gasteiger partial charge in [0.05, 0.1) is 6.61 Å². The zero-order chi connectivity index (χ0) is 23.3. The van der Waals surface area contributed by atoms with Gasteiger partial charge >= 0.3 is 12.6 Å². The highest BCUT2D eigenvalue weighted by atomic mass is 35.5. The van der Waals surface area contributed by atoms with Crippen LogP contribution in [0.2, 0.25) is 0 Å². The fourth-order valence-electron chi connectivity index (χ4n) is 3.15. The van der Waals surface area contributed by atoms with Crippen LogP contribution in [0.15, 0.2) is 40.4 Å². The molecule has 1 heterocycles. The van der Waals surface area contributed by atoms with E-state index in [-0.39, 0.29) is 23.0 Å². The maximum absolute atomic E-state index is 12.9. The molecular weight excluding hydrogens is 483 g/mol. The fourth-order valence-corrected chi connectivity index (χ4v) is 4.51. The molecule has 32 heavy (non-hydrogen) atoms. The molecule has 2 fully saturated rings. The van der Waals surface area contributed by atoms with Crippen LogP contribution in [-0.4, -0.2) is 36.9 Å². The third kappa shape index (κ3) is 7.27. The molecule has 176 valence electrons. The van der Waals surface area contributed by atoms with Crippen molar-refractivity contribution in [3.8, 4) is 11.5 Å². The van der Waals surface area contributed by atoms with E-state index in [1.54, 1.807) is 19.1 Å². The minimum atomic E-state index is -2.99.